The number of methoxy groups -OCH3 is 1. The van der Waals surface area contributed by atoms with Crippen LogP contribution in [0.3, 0.4) is 0 Å². The van der Waals surface area contributed by atoms with Gasteiger partial charge in [-0.15, -0.1) is 0 Å². The van der Waals surface area contributed by atoms with Gasteiger partial charge in [-0.05, 0) is 54.3 Å². The first-order valence-electron chi connectivity index (χ1n) is 8.87. The average molecular weight is 445 g/mol. The lowest BCUT2D eigenvalue weighted by molar-refractivity contribution is 0.0601. The zero-order chi connectivity index (χ0) is 17.4. The third kappa shape index (κ3) is 5.88. The lowest BCUT2D eigenvalue weighted by Gasteiger charge is -2.28. The third-order valence-electron chi connectivity index (χ3n) is 4.61. The minimum absolute atomic E-state index is 0.351. The second kappa shape index (κ2) is 10.2. The topological polar surface area (TPSA) is 63.2 Å². The molecule has 0 bridgehead atoms. The summed E-state index contributed by atoms with van der Waals surface area (Å²) in [5.74, 6) is 0.255. The van der Waals surface area contributed by atoms with E-state index in [4.69, 9.17) is 4.74 Å². The average Bonchev–Trinajstić information content (AvgIpc) is 2.62. The number of hydrogen-bond donors (Lipinski definition) is 2. The third-order valence-corrected chi connectivity index (χ3v) is 5.20. The first-order chi connectivity index (χ1) is 11.6. The van der Waals surface area contributed by atoms with Gasteiger partial charge < -0.3 is 15.4 Å². The Morgan fingerprint density at radius 2 is 2.17 bits per heavy atom. The van der Waals surface area contributed by atoms with E-state index in [0.717, 1.165) is 23.0 Å². The fourth-order valence-corrected chi connectivity index (χ4v) is 3.67. The Morgan fingerprint density at radius 3 is 2.83 bits per heavy atom. The van der Waals surface area contributed by atoms with Crippen LogP contribution in [-0.4, -0.2) is 36.7 Å². The van der Waals surface area contributed by atoms with Gasteiger partial charge in [0.2, 0.25) is 0 Å². The summed E-state index contributed by atoms with van der Waals surface area (Å²) in [5, 5.41) is 7.10. The van der Waals surface area contributed by atoms with Crippen molar-refractivity contribution in [3.05, 3.63) is 21.4 Å². The maximum Gasteiger partial charge on any atom is 0.341 e. The van der Waals surface area contributed by atoms with Crippen LogP contribution in [0.4, 0.5) is 5.82 Å². The highest BCUT2D eigenvalue weighted by molar-refractivity contribution is 14.1. The van der Waals surface area contributed by atoms with Crippen molar-refractivity contribution in [2.24, 2.45) is 0 Å². The van der Waals surface area contributed by atoms with Crippen molar-refractivity contribution in [3.8, 4) is 0 Å². The summed E-state index contributed by atoms with van der Waals surface area (Å²) >= 11 is 2.15. The number of pyridine rings is 1. The van der Waals surface area contributed by atoms with Gasteiger partial charge in [0.05, 0.1) is 7.11 Å². The second-order valence-corrected chi connectivity index (χ2v) is 7.61. The van der Waals surface area contributed by atoms with Crippen LogP contribution in [0.1, 0.15) is 62.2 Å². The molecule has 0 aromatic carbocycles. The van der Waals surface area contributed by atoms with E-state index in [9.17, 15) is 4.79 Å². The maximum absolute atomic E-state index is 11.9. The van der Waals surface area contributed by atoms with Gasteiger partial charge in [0.15, 0.2) is 0 Å². The molecule has 1 fully saturated rings. The van der Waals surface area contributed by atoms with E-state index in [1.807, 2.05) is 0 Å². The highest BCUT2D eigenvalue weighted by Crippen LogP contribution is 2.19. The molecule has 1 saturated carbocycles. The molecule has 0 spiro atoms. The van der Waals surface area contributed by atoms with Gasteiger partial charge in [0, 0.05) is 28.4 Å². The Kier molecular flexibility index (Phi) is 8.24. The normalized spacial score (nSPS) is 16.6. The molecule has 0 aliphatic heterocycles. The van der Waals surface area contributed by atoms with Crippen molar-refractivity contribution in [1.82, 2.24) is 10.3 Å². The highest BCUT2D eigenvalue weighted by atomic mass is 127. The van der Waals surface area contributed by atoms with Crippen LogP contribution in [0, 0.1) is 3.57 Å². The van der Waals surface area contributed by atoms with E-state index in [1.54, 1.807) is 12.3 Å². The summed E-state index contributed by atoms with van der Waals surface area (Å²) in [5.41, 5.74) is 0.498. The molecule has 1 aliphatic carbocycles. The van der Waals surface area contributed by atoms with E-state index >= 15 is 0 Å². The Morgan fingerprint density at radius 1 is 1.42 bits per heavy atom. The van der Waals surface area contributed by atoms with Crippen molar-refractivity contribution in [2.75, 3.05) is 19.0 Å². The lowest BCUT2D eigenvalue weighted by atomic mass is 9.94. The molecule has 1 aromatic rings. The smallest absolute Gasteiger partial charge is 0.341 e. The van der Waals surface area contributed by atoms with Gasteiger partial charge in [0.25, 0.3) is 0 Å². The Bertz CT molecular complexity index is 533. The number of carbonyl (C=O) groups is 1. The van der Waals surface area contributed by atoms with E-state index in [2.05, 4.69) is 45.1 Å². The molecule has 1 atom stereocenters. The summed E-state index contributed by atoms with van der Waals surface area (Å²) in [6, 6.07) is 2.98. The maximum atomic E-state index is 11.9. The van der Waals surface area contributed by atoms with Gasteiger partial charge in [-0.1, -0.05) is 26.2 Å². The number of nitrogens with zero attached hydrogens (tertiary/aromatic N) is 1. The summed E-state index contributed by atoms with van der Waals surface area (Å²) in [4.78, 5) is 16.2. The van der Waals surface area contributed by atoms with Crippen LogP contribution >= 0.6 is 22.6 Å². The number of rotatable bonds is 8. The minimum Gasteiger partial charge on any atom is -0.465 e. The quantitative estimate of drug-likeness (QED) is 0.468. The van der Waals surface area contributed by atoms with Gasteiger partial charge in [0.1, 0.15) is 11.4 Å². The van der Waals surface area contributed by atoms with E-state index in [-0.39, 0.29) is 5.97 Å². The molecule has 1 aliphatic rings. The Labute approximate surface area is 158 Å². The number of aromatic nitrogens is 1. The summed E-state index contributed by atoms with van der Waals surface area (Å²) in [7, 11) is 1.40. The molecule has 134 valence electrons. The van der Waals surface area contributed by atoms with Crippen LogP contribution in [0.25, 0.3) is 0 Å². The zero-order valence-electron chi connectivity index (χ0n) is 14.6. The number of anilines is 1. The van der Waals surface area contributed by atoms with Crippen LogP contribution < -0.4 is 10.6 Å². The molecule has 5 nitrogen and oxygen atoms in total. The molecule has 0 saturated heterocycles. The summed E-state index contributed by atoms with van der Waals surface area (Å²) < 4.78 is 5.77. The van der Waals surface area contributed by atoms with E-state index < -0.39 is 0 Å². The largest absolute Gasteiger partial charge is 0.465 e. The van der Waals surface area contributed by atoms with Gasteiger partial charge in [-0.3, -0.25) is 0 Å². The monoisotopic (exact) mass is 445 g/mol. The summed E-state index contributed by atoms with van der Waals surface area (Å²) in [6.45, 7) is 3.01. The molecular weight excluding hydrogens is 417 g/mol. The summed E-state index contributed by atoms with van der Waals surface area (Å²) in [6.07, 6.45) is 10.6. The molecule has 1 unspecified atom stereocenters. The first-order valence-corrected chi connectivity index (χ1v) is 9.95. The first kappa shape index (κ1) is 19.4. The van der Waals surface area contributed by atoms with Gasteiger partial charge in [-0.25, -0.2) is 9.78 Å². The standard InChI is InChI=1S/C18H28IN3O2/c1-3-14(22-15-7-5-4-6-8-15)9-10-20-17-16(18(23)24-2)11-13(19)12-21-17/h11-12,14-15,22H,3-10H2,1-2H3,(H,20,21). The number of carbonyl (C=O) groups excluding carboxylic acids is 1. The fourth-order valence-electron chi connectivity index (χ4n) is 3.22. The molecular formula is C18H28IN3O2. The minimum atomic E-state index is -0.351. The van der Waals surface area contributed by atoms with Crippen molar-refractivity contribution >= 4 is 34.4 Å². The van der Waals surface area contributed by atoms with Crippen molar-refractivity contribution in [3.63, 3.8) is 0 Å². The second-order valence-electron chi connectivity index (χ2n) is 6.36. The van der Waals surface area contributed by atoms with Crippen LogP contribution in [0.2, 0.25) is 0 Å². The van der Waals surface area contributed by atoms with Crippen LogP contribution in [-0.2, 0) is 4.74 Å². The lowest BCUT2D eigenvalue weighted by Crippen LogP contribution is -2.40. The highest BCUT2D eigenvalue weighted by Gasteiger charge is 2.18. The molecule has 0 radical (unpaired) electrons. The predicted molar refractivity (Wildman–Crippen MR) is 105 cm³/mol. The predicted octanol–water partition coefficient (Wildman–Crippen LogP) is 3.98. The molecule has 1 aromatic heterocycles. The van der Waals surface area contributed by atoms with Crippen LogP contribution in [0.15, 0.2) is 12.3 Å². The number of halogens is 1. The van der Waals surface area contributed by atoms with Crippen molar-refractivity contribution in [1.29, 1.82) is 0 Å². The molecule has 2 rings (SSSR count). The number of hydrogen-bond acceptors (Lipinski definition) is 5. The van der Waals surface area contributed by atoms with Crippen molar-refractivity contribution in [2.45, 2.75) is 64.0 Å². The fraction of sp³-hybridized carbons (Fsp3) is 0.667. The van der Waals surface area contributed by atoms with Gasteiger partial charge in [-0.2, -0.15) is 0 Å². The zero-order valence-corrected chi connectivity index (χ0v) is 16.8. The molecule has 0 amide bonds. The van der Waals surface area contributed by atoms with E-state index in [0.29, 0.717) is 23.5 Å². The van der Waals surface area contributed by atoms with Crippen molar-refractivity contribution < 1.29 is 9.53 Å². The molecule has 2 N–H and O–H groups in total. The van der Waals surface area contributed by atoms with Crippen LogP contribution in [0.5, 0.6) is 0 Å². The van der Waals surface area contributed by atoms with E-state index in [1.165, 1.54) is 39.2 Å². The molecule has 1 heterocycles. The Balaban J connectivity index is 1.86. The Hall–Kier alpha value is -0.890. The molecule has 24 heavy (non-hydrogen) atoms. The SMILES string of the molecule is CCC(CCNc1ncc(I)cc1C(=O)OC)NC1CCCCC1. The molecule has 6 heteroatoms. The van der Waals surface area contributed by atoms with Gasteiger partial charge >= 0.3 is 5.97 Å². The number of ether oxygens (including phenoxy) is 1. The number of esters is 1. The number of nitrogens with one attached hydrogen (secondary N) is 2.